The first-order valence-corrected chi connectivity index (χ1v) is 10.2. The third-order valence-electron chi connectivity index (χ3n) is 6.53. The van der Waals surface area contributed by atoms with Gasteiger partial charge in [0.2, 0.25) is 5.91 Å². The zero-order chi connectivity index (χ0) is 18.4. The number of rotatable bonds is 1. The molecule has 2 aromatic rings. The Morgan fingerprint density at radius 1 is 1.15 bits per heavy atom. The van der Waals surface area contributed by atoms with Crippen LogP contribution >= 0.6 is 0 Å². The van der Waals surface area contributed by atoms with E-state index in [0.717, 1.165) is 37.3 Å². The van der Waals surface area contributed by atoms with Gasteiger partial charge in [0.25, 0.3) is 0 Å². The molecule has 0 radical (unpaired) electrons. The third-order valence-corrected chi connectivity index (χ3v) is 6.53. The van der Waals surface area contributed by atoms with Crippen LogP contribution in [0.1, 0.15) is 42.4 Å². The number of anilines is 1. The van der Waals surface area contributed by atoms with Crippen LogP contribution in [-0.4, -0.2) is 42.7 Å². The van der Waals surface area contributed by atoms with Crippen molar-refractivity contribution in [1.82, 2.24) is 10.3 Å². The van der Waals surface area contributed by atoms with Crippen LogP contribution in [0.5, 0.6) is 0 Å². The lowest BCUT2D eigenvalue weighted by Crippen LogP contribution is -2.47. The molecular formula is C22H27N3O2. The predicted octanol–water partition coefficient (Wildman–Crippen LogP) is 2.91. The number of aromatic nitrogens is 1. The van der Waals surface area contributed by atoms with E-state index in [1.54, 1.807) is 0 Å². The number of ether oxygens (including phenoxy) is 1. The summed E-state index contributed by atoms with van der Waals surface area (Å²) in [6.45, 7) is 5.20. The Bertz CT molecular complexity index is 900. The fourth-order valence-corrected chi connectivity index (χ4v) is 4.94. The Kier molecular flexibility index (Phi) is 4.08. The highest BCUT2D eigenvalue weighted by Gasteiger charge is 2.39. The van der Waals surface area contributed by atoms with Gasteiger partial charge in [-0.2, -0.15) is 0 Å². The molecule has 0 saturated carbocycles. The van der Waals surface area contributed by atoms with E-state index in [4.69, 9.17) is 9.72 Å². The van der Waals surface area contributed by atoms with E-state index in [1.807, 2.05) is 0 Å². The van der Waals surface area contributed by atoms with Gasteiger partial charge in [-0.25, -0.2) is 4.98 Å². The minimum Gasteiger partial charge on any atom is -0.372 e. The molecule has 1 N–H and O–H groups in total. The van der Waals surface area contributed by atoms with E-state index in [2.05, 4.69) is 35.3 Å². The summed E-state index contributed by atoms with van der Waals surface area (Å²) in [5, 5.41) is 4.21. The summed E-state index contributed by atoms with van der Waals surface area (Å²) in [6, 6.07) is 6.88. The lowest BCUT2D eigenvalue weighted by molar-refractivity contribution is -0.126. The van der Waals surface area contributed by atoms with E-state index in [-0.39, 0.29) is 11.5 Å². The molecule has 142 valence electrons. The van der Waals surface area contributed by atoms with Gasteiger partial charge < -0.3 is 15.0 Å². The number of carbonyl (C=O) groups excluding carboxylic acids is 1. The molecule has 3 heterocycles. The summed E-state index contributed by atoms with van der Waals surface area (Å²) in [5.74, 6) is 1.18. The van der Waals surface area contributed by atoms with Crippen molar-refractivity contribution in [2.75, 3.05) is 31.1 Å². The number of hydrogen-bond acceptors (Lipinski definition) is 4. The van der Waals surface area contributed by atoms with Crippen LogP contribution in [0.3, 0.4) is 0 Å². The zero-order valence-corrected chi connectivity index (χ0v) is 16.0. The van der Waals surface area contributed by atoms with E-state index < -0.39 is 0 Å². The van der Waals surface area contributed by atoms with E-state index in [0.29, 0.717) is 19.6 Å². The minimum absolute atomic E-state index is 0.120. The van der Waals surface area contributed by atoms with Crippen LogP contribution in [0.4, 0.5) is 5.82 Å². The number of amides is 1. The highest BCUT2D eigenvalue weighted by molar-refractivity contribution is 5.86. The maximum atomic E-state index is 12.0. The van der Waals surface area contributed by atoms with Gasteiger partial charge >= 0.3 is 0 Å². The number of fused-ring (bicyclic) bond motifs is 2. The van der Waals surface area contributed by atoms with Crippen molar-refractivity contribution in [1.29, 1.82) is 0 Å². The lowest BCUT2D eigenvalue weighted by atomic mass is 9.87. The van der Waals surface area contributed by atoms with E-state index in [9.17, 15) is 4.79 Å². The topological polar surface area (TPSA) is 54.5 Å². The molecule has 1 spiro atoms. The lowest BCUT2D eigenvalue weighted by Gasteiger charge is -2.41. The van der Waals surface area contributed by atoms with Crippen molar-refractivity contribution in [3.8, 4) is 0 Å². The second-order valence-corrected chi connectivity index (χ2v) is 8.33. The number of hydrogen-bond donors (Lipinski definition) is 1. The molecule has 27 heavy (non-hydrogen) atoms. The first-order valence-electron chi connectivity index (χ1n) is 10.2. The number of benzene rings is 1. The standard InChI is InChI=1S/C22H27N3O2/c1-15-11-20(24-19-13-17-4-2-3-16(17)12-18(15)19)25-8-5-22(6-9-25)14-21(26)23-7-10-27-22/h11-13H,2-10,14H2,1H3,(H,23,26). The summed E-state index contributed by atoms with van der Waals surface area (Å²) in [4.78, 5) is 19.3. The Morgan fingerprint density at radius 3 is 2.74 bits per heavy atom. The molecule has 2 saturated heterocycles. The van der Waals surface area contributed by atoms with Crippen molar-refractivity contribution < 1.29 is 9.53 Å². The molecule has 1 aromatic heterocycles. The molecule has 1 aromatic carbocycles. The zero-order valence-electron chi connectivity index (χ0n) is 16.0. The molecule has 0 atom stereocenters. The summed E-state index contributed by atoms with van der Waals surface area (Å²) >= 11 is 0. The number of carbonyl (C=O) groups is 1. The Morgan fingerprint density at radius 2 is 1.93 bits per heavy atom. The van der Waals surface area contributed by atoms with Crippen LogP contribution < -0.4 is 10.2 Å². The normalized spacial score (nSPS) is 22.0. The Hall–Kier alpha value is -2.14. The quantitative estimate of drug-likeness (QED) is 0.844. The van der Waals surface area contributed by atoms with E-state index in [1.165, 1.54) is 41.3 Å². The van der Waals surface area contributed by atoms with Crippen molar-refractivity contribution in [2.45, 2.75) is 51.0 Å². The maximum absolute atomic E-state index is 12.0. The third kappa shape index (κ3) is 3.08. The van der Waals surface area contributed by atoms with Crippen molar-refractivity contribution >= 4 is 22.6 Å². The Balaban J connectivity index is 1.40. The van der Waals surface area contributed by atoms with Crippen LogP contribution in [0.25, 0.3) is 10.9 Å². The highest BCUT2D eigenvalue weighted by atomic mass is 16.5. The molecule has 0 unspecified atom stereocenters. The van der Waals surface area contributed by atoms with E-state index >= 15 is 0 Å². The summed E-state index contributed by atoms with van der Waals surface area (Å²) in [7, 11) is 0. The molecule has 1 amide bonds. The second-order valence-electron chi connectivity index (χ2n) is 8.33. The molecular weight excluding hydrogens is 338 g/mol. The minimum atomic E-state index is -0.288. The molecule has 5 rings (SSSR count). The van der Waals surface area contributed by atoms with Crippen LogP contribution in [0, 0.1) is 6.92 Å². The van der Waals surface area contributed by atoms with Crippen LogP contribution in [-0.2, 0) is 22.4 Å². The number of nitrogens with zero attached hydrogens (tertiary/aromatic N) is 2. The van der Waals surface area contributed by atoms with Gasteiger partial charge in [0, 0.05) is 25.0 Å². The average molecular weight is 365 g/mol. The largest absolute Gasteiger partial charge is 0.372 e. The number of aryl methyl sites for hydroxylation is 3. The average Bonchev–Trinajstić information content (AvgIpc) is 3.04. The fourth-order valence-electron chi connectivity index (χ4n) is 4.94. The number of piperidine rings is 1. The van der Waals surface area contributed by atoms with Gasteiger partial charge in [-0.1, -0.05) is 0 Å². The summed E-state index contributed by atoms with van der Waals surface area (Å²) < 4.78 is 6.10. The van der Waals surface area contributed by atoms with Gasteiger partial charge in [0.05, 0.1) is 24.1 Å². The molecule has 3 aliphatic rings. The van der Waals surface area contributed by atoms with Crippen LogP contribution in [0.15, 0.2) is 18.2 Å². The van der Waals surface area contributed by atoms with Crippen molar-refractivity contribution in [3.63, 3.8) is 0 Å². The van der Waals surface area contributed by atoms with Crippen LogP contribution in [0.2, 0.25) is 0 Å². The van der Waals surface area contributed by atoms with Gasteiger partial charge in [-0.05, 0) is 73.9 Å². The number of pyridine rings is 1. The molecule has 0 bridgehead atoms. The summed E-state index contributed by atoms with van der Waals surface area (Å²) in [5.41, 5.74) is 5.11. The first-order chi connectivity index (χ1) is 13.1. The van der Waals surface area contributed by atoms with Gasteiger partial charge in [0.15, 0.2) is 0 Å². The second kappa shape index (κ2) is 6.48. The maximum Gasteiger partial charge on any atom is 0.222 e. The monoisotopic (exact) mass is 365 g/mol. The molecule has 5 heteroatoms. The molecule has 2 fully saturated rings. The predicted molar refractivity (Wildman–Crippen MR) is 106 cm³/mol. The first kappa shape index (κ1) is 17.0. The summed E-state index contributed by atoms with van der Waals surface area (Å²) in [6.07, 6.45) is 5.89. The van der Waals surface area contributed by atoms with Crippen molar-refractivity contribution in [2.24, 2.45) is 0 Å². The highest BCUT2D eigenvalue weighted by Crippen LogP contribution is 2.34. The van der Waals surface area contributed by atoms with Gasteiger partial charge in [-0.15, -0.1) is 0 Å². The van der Waals surface area contributed by atoms with Gasteiger partial charge in [0.1, 0.15) is 5.82 Å². The fraction of sp³-hybridized carbons (Fsp3) is 0.545. The molecule has 2 aliphatic heterocycles. The molecule has 1 aliphatic carbocycles. The van der Waals surface area contributed by atoms with Crippen molar-refractivity contribution in [3.05, 3.63) is 34.9 Å². The van der Waals surface area contributed by atoms with Gasteiger partial charge in [-0.3, -0.25) is 4.79 Å². The smallest absolute Gasteiger partial charge is 0.222 e. The SMILES string of the molecule is Cc1cc(N2CCC3(CC2)CC(=O)NCCO3)nc2cc3c(cc12)CCC3. The Labute approximate surface area is 160 Å². The molecule has 5 nitrogen and oxygen atoms in total. The number of nitrogens with one attached hydrogen (secondary N) is 1.